The van der Waals surface area contributed by atoms with Gasteiger partial charge in [0.15, 0.2) is 10.6 Å². The fourth-order valence-electron chi connectivity index (χ4n) is 4.48. The van der Waals surface area contributed by atoms with Crippen LogP contribution in [0.3, 0.4) is 0 Å². The summed E-state index contributed by atoms with van der Waals surface area (Å²) >= 11 is 1.38. The number of thiazole rings is 1. The van der Waals surface area contributed by atoms with E-state index in [0.717, 1.165) is 35.2 Å². The first-order valence-corrected chi connectivity index (χ1v) is 13.0. The first kappa shape index (κ1) is 24.2. The van der Waals surface area contributed by atoms with E-state index in [0.29, 0.717) is 17.3 Å². The second-order valence-electron chi connectivity index (χ2n) is 9.01. The zero-order valence-corrected chi connectivity index (χ0v) is 21.3. The van der Waals surface area contributed by atoms with Gasteiger partial charge in [-0.3, -0.25) is 14.5 Å². The molecule has 1 aliphatic rings. The average Bonchev–Trinajstić information content (AvgIpc) is 3.35. The third-order valence-corrected chi connectivity index (χ3v) is 7.59. The molecule has 2 aromatic carbocycles. The summed E-state index contributed by atoms with van der Waals surface area (Å²) in [5.74, 6) is -0.298. The highest BCUT2D eigenvalue weighted by molar-refractivity contribution is 7.15. The quantitative estimate of drug-likeness (QED) is 0.248. The van der Waals surface area contributed by atoms with Crippen LogP contribution < -0.4 is 15.1 Å². The molecule has 2 aromatic heterocycles. The van der Waals surface area contributed by atoms with Gasteiger partial charge in [0.25, 0.3) is 5.91 Å². The number of halogens is 1. The normalized spacial score (nSPS) is 15.1. The number of benzene rings is 2. The molecule has 1 aliphatic heterocycles. The van der Waals surface area contributed by atoms with Gasteiger partial charge < -0.3 is 9.15 Å². The molecule has 36 heavy (non-hydrogen) atoms. The standard InChI is InChI=1S/C28H27FN2O4S/c1-4-5-6-7-14-34-20-11-8-18(9-12-20)24-23-25(32)21-15-19(29)10-13-22(21)35-26(23)27(33)31(24)28-30-16(2)17(3)36-28/h8-13,15,24H,4-7,14H2,1-3H3. The number of nitrogens with zero attached hydrogens (tertiary/aromatic N) is 2. The Morgan fingerprint density at radius 1 is 1.08 bits per heavy atom. The summed E-state index contributed by atoms with van der Waals surface area (Å²) in [6.07, 6.45) is 4.47. The van der Waals surface area contributed by atoms with Crippen LogP contribution in [0.1, 0.15) is 70.9 Å². The maximum atomic E-state index is 14.0. The Morgan fingerprint density at radius 3 is 2.56 bits per heavy atom. The Hall–Kier alpha value is -3.52. The molecule has 186 valence electrons. The molecule has 1 amide bonds. The van der Waals surface area contributed by atoms with Gasteiger partial charge in [0.1, 0.15) is 17.1 Å². The topological polar surface area (TPSA) is 72.6 Å². The fourth-order valence-corrected chi connectivity index (χ4v) is 5.42. The number of carbonyl (C=O) groups is 1. The van der Waals surface area contributed by atoms with E-state index in [9.17, 15) is 14.0 Å². The maximum absolute atomic E-state index is 14.0. The Morgan fingerprint density at radius 2 is 1.86 bits per heavy atom. The van der Waals surface area contributed by atoms with Gasteiger partial charge in [-0.05, 0) is 56.2 Å². The number of fused-ring (bicyclic) bond motifs is 2. The second-order valence-corrected chi connectivity index (χ2v) is 10.2. The van der Waals surface area contributed by atoms with Crippen LogP contribution in [0, 0.1) is 19.7 Å². The smallest absolute Gasteiger partial charge is 0.297 e. The minimum absolute atomic E-state index is 0.0362. The molecular formula is C28H27FN2O4S. The first-order chi connectivity index (χ1) is 17.4. The number of unbranched alkanes of at least 4 members (excludes halogenated alkanes) is 3. The van der Waals surface area contributed by atoms with Crippen molar-refractivity contribution in [3.05, 3.63) is 86.0 Å². The van der Waals surface area contributed by atoms with Crippen molar-refractivity contribution < 1.29 is 18.3 Å². The van der Waals surface area contributed by atoms with Gasteiger partial charge in [-0.2, -0.15) is 0 Å². The number of aromatic nitrogens is 1. The van der Waals surface area contributed by atoms with E-state index in [1.165, 1.54) is 41.2 Å². The highest BCUT2D eigenvalue weighted by Gasteiger charge is 2.45. The average molecular weight is 507 g/mol. The van der Waals surface area contributed by atoms with E-state index in [-0.39, 0.29) is 22.3 Å². The number of ether oxygens (including phenoxy) is 1. The molecule has 0 N–H and O–H groups in total. The highest BCUT2D eigenvalue weighted by atomic mass is 32.1. The molecule has 5 rings (SSSR count). The van der Waals surface area contributed by atoms with E-state index >= 15 is 0 Å². The molecule has 0 saturated heterocycles. The third kappa shape index (κ3) is 4.30. The number of hydrogen-bond donors (Lipinski definition) is 0. The zero-order chi connectivity index (χ0) is 25.4. The summed E-state index contributed by atoms with van der Waals surface area (Å²) in [6.45, 7) is 6.62. The number of amides is 1. The van der Waals surface area contributed by atoms with Crippen molar-refractivity contribution in [1.82, 2.24) is 4.98 Å². The lowest BCUT2D eigenvalue weighted by atomic mass is 9.98. The molecule has 6 nitrogen and oxygen atoms in total. The van der Waals surface area contributed by atoms with Crippen LogP contribution in [0.15, 0.2) is 51.7 Å². The van der Waals surface area contributed by atoms with Crippen LogP contribution in [-0.4, -0.2) is 17.5 Å². The summed E-state index contributed by atoms with van der Waals surface area (Å²) in [6, 6.07) is 10.4. The summed E-state index contributed by atoms with van der Waals surface area (Å²) < 4.78 is 25.8. The lowest BCUT2D eigenvalue weighted by Gasteiger charge is -2.22. The predicted octanol–water partition coefficient (Wildman–Crippen LogP) is 6.71. The summed E-state index contributed by atoms with van der Waals surface area (Å²) in [7, 11) is 0. The minimum atomic E-state index is -0.750. The SMILES string of the molecule is CCCCCCOc1ccc(C2c3c(oc4ccc(F)cc4c3=O)C(=O)N2c2nc(C)c(C)s2)cc1. The van der Waals surface area contributed by atoms with Crippen LogP contribution in [0.4, 0.5) is 9.52 Å². The lowest BCUT2D eigenvalue weighted by molar-refractivity contribution is 0.0971. The van der Waals surface area contributed by atoms with Gasteiger partial charge in [-0.1, -0.05) is 38.3 Å². The maximum Gasteiger partial charge on any atom is 0.297 e. The summed E-state index contributed by atoms with van der Waals surface area (Å²) in [5, 5.41) is 0.587. The molecule has 0 fully saturated rings. The van der Waals surface area contributed by atoms with Crippen molar-refractivity contribution >= 4 is 33.3 Å². The van der Waals surface area contributed by atoms with E-state index in [1.54, 1.807) is 0 Å². The van der Waals surface area contributed by atoms with Crippen molar-refractivity contribution in [2.24, 2.45) is 0 Å². The van der Waals surface area contributed by atoms with E-state index in [2.05, 4.69) is 11.9 Å². The second kappa shape index (κ2) is 9.85. The molecule has 4 aromatic rings. The zero-order valence-electron chi connectivity index (χ0n) is 20.5. The number of aryl methyl sites for hydroxylation is 2. The fraction of sp³-hybridized carbons (Fsp3) is 0.321. The van der Waals surface area contributed by atoms with Crippen LogP contribution >= 0.6 is 11.3 Å². The van der Waals surface area contributed by atoms with Crippen molar-refractivity contribution in [3.63, 3.8) is 0 Å². The van der Waals surface area contributed by atoms with E-state index in [1.807, 2.05) is 38.1 Å². The van der Waals surface area contributed by atoms with Gasteiger partial charge in [0.2, 0.25) is 5.76 Å². The lowest BCUT2D eigenvalue weighted by Crippen LogP contribution is -2.29. The minimum Gasteiger partial charge on any atom is -0.494 e. The largest absolute Gasteiger partial charge is 0.494 e. The van der Waals surface area contributed by atoms with Gasteiger partial charge >= 0.3 is 0 Å². The third-order valence-electron chi connectivity index (χ3n) is 6.52. The van der Waals surface area contributed by atoms with Gasteiger partial charge in [0, 0.05) is 4.88 Å². The van der Waals surface area contributed by atoms with Gasteiger partial charge in [-0.15, -0.1) is 11.3 Å². The van der Waals surface area contributed by atoms with Crippen molar-refractivity contribution in [2.75, 3.05) is 11.5 Å². The van der Waals surface area contributed by atoms with Crippen LogP contribution in [0.25, 0.3) is 11.0 Å². The van der Waals surface area contributed by atoms with Crippen molar-refractivity contribution in [1.29, 1.82) is 0 Å². The molecule has 0 bridgehead atoms. The molecule has 0 aliphatic carbocycles. The molecule has 3 heterocycles. The van der Waals surface area contributed by atoms with E-state index in [4.69, 9.17) is 9.15 Å². The first-order valence-electron chi connectivity index (χ1n) is 12.2. The summed E-state index contributed by atoms with van der Waals surface area (Å²) in [4.78, 5) is 34.3. The molecule has 8 heteroatoms. The monoisotopic (exact) mass is 506 g/mol. The Balaban J connectivity index is 1.58. The molecule has 1 unspecified atom stereocenters. The molecular weight excluding hydrogens is 479 g/mol. The highest BCUT2D eigenvalue weighted by Crippen LogP contribution is 2.43. The van der Waals surface area contributed by atoms with Crippen LogP contribution in [0.5, 0.6) is 5.75 Å². The van der Waals surface area contributed by atoms with Crippen molar-refractivity contribution in [2.45, 2.75) is 52.5 Å². The Bertz CT molecular complexity index is 1470. The van der Waals surface area contributed by atoms with Crippen LogP contribution in [-0.2, 0) is 0 Å². The molecule has 0 spiro atoms. The molecule has 0 radical (unpaired) electrons. The molecule has 0 saturated carbocycles. The van der Waals surface area contributed by atoms with Gasteiger partial charge in [0.05, 0.1) is 29.3 Å². The van der Waals surface area contributed by atoms with Crippen LogP contribution in [0.2, 0.25) is 0 Å². The predicted molar refractivity (Wildman–Crippen MR) is 139 cm³/mol. The van der Waals surface area contributed by atoms with Crippen molar-refractivity contribution in [3.8, 4) is 5.75 Å². The Labute approximate surface area is 212 Å². The van der Waals surface area contributed by atoms with E-state index < -0.39 is 23.2 Å². The summed E-state index contributed by atoms with van der Waals surface area (Å²) in [5.41, 5.74) is 1.47. The Kier molecular flexibility index (Phi) is 6.62. The number of anilines is 1. The molecule has 1 atom stereocenters. The number of hydrogen-bond acceptors (Lipinski definition) is 6. The number of rotatable bonds is 8. The van der Waals surface area contributed by atoms with Gasteiger partial charge in [-0.25, -0.2) is 9.37 Å². The number of carbonyl (C=O) groups excluding carboxylic acids is 1.